The molecule has 8 heteroatoms. The minimum atomic E-state index is -0.278. The third-order valence-electron chi connectivity index (χ3n) is 2.40. The van der Waals surface area contributed by atoms with Gasteiger partial charge in [-0.2, -0.15) is 0 Å². The first kappa shape index (κ1) is 16.6. The summed E-state index contributed by atoms with van der Waals surface area (Å²) in [5.41, 5.74) is 5.77. The highest BCUT2D eigenvalue weighted by molar-refractivity contribution is 7.15. The van der Waals surface area contributed by atoms with E-state index in [1.165, 1.54) is 17.6 Å². The first-order valence-corrected chi connectivity index (χ1v) is 6.64. The van der Waals surface area contributed by atoms with Gasteiger partial charge in [0.05, 0.1) is 12.1 Å². The fraction of sp³-hybridized carbons (Fsp3) is 0.417. The lowest BCUT2D eigenvalue weighted by atomic mass is 9.98. The number of nitrogens with two attached hydrogens (primary N) is 1. The summed E-state index contributed by atoms with van der Waals surface area (Å²) >= 11 is 1.37. The molecule has 1 amide bonds. The monoisotopic (exact) mass is 316 g/mol. The second-order valence-electron chi connectivity index (χ2n) is 5.12. The van der Waals surface area contributed by atoms with Gasteiger partial charge in [-0.25, -0.2) is 0 Å². The van der Waals surface area contributed by atoms with Crippen LogP contribution in [0.2, 0.25) is 0 Å². The minimum absolute atomic E-state index is 0. The Labute approximate surface area is 127 Å². The second kappa shape index (κ2) is 6.34. The number of furan rings is 1. The molecule has 0 aliphatic carbocycles. The molecule has 0 unspecified atom stereocenters. The van der Waals surface area contributed by atoms with E-state index in [1.54, 1.807) is 6.07 Å². The van der Waals surface area contributed by atoms with Crippen molar-refractivity contribution in [1.82, 2.24) is 10.2 Å². The summed E-state index contributed by atoms with van der Waals surface area (Å²) in [6.07, 6.45) is 1.38. The number of rotatable bonds is 3. The van der Waals surface area contributed by atoms with Crippen LogP contribution in [0.3, 0.4) is 0 Å². The smallest absolute Gasteiger partial charge is 0.260 e. The molecule has 2 aromatic heterocycles. The van der Waals surface area contributed by atoms with Gasteiger partial charge >= 0.3 is 0 Å². The van der Waals surface area contributed by atoms with E-state index in [0.29, 0.717) is 16.5 Å². The molecule has 6 nitrogen and oxygen atoms in total. The fourth-order valence-corrected chi connectivity index (χ4v) is 2.15. The molecule has 3 N–H and O–H groups in total. The van der Waals surface area contributed by atoms with Crippen LogP contribution in [0.5, 0.6) is 0 Å². The summed E-state index contributed by atoms with van der Waals surface area (Å²) in [4.78, 5) is 11.9. The molecule has 2 rings (SSSR count). The molecule has 0 fully saturated rings. The summed E-state index contributed by atoms with van der Waals surface area (Å²) in [6, 6.07) is 1.61. The summed E-state index contributed by atoms with van der Waals surface area (Å²) < 4.78 is 5.11. The minimum Gasteiger partial charge on any atom is -0.467 e. The van der Waals surface area contributed by atoms with Crippen molar-refractivity contribution >= 4 is 34.8 Å². The van der Waals surface area contributed by atoms with Crippen molar-refractivity contribution in [3.8, 4) is 0 Å². The van der Waals surface area contributed by atoms with Crippen LogP contribution in [0.4, 0.5) is 5.13 Å². The number of aromatic nitrogens is 2. The molecule has 110 valence electrons. The number of carbonyl (C=O) groups excluding carboxylic acids is 1. The maximum absolute atomic E-state index is 11.9. The van der Waals surface area contributed by atoms with Gasteiger partial charge in [0.2, 0.25) is 5.13 Å². The molecule has 0 aromatic carbocycles. The first-order chi connectivity index (χ1) is 8.90. The van der Waals surface area contributed by atoms with Crippen molar-refractivity contribution < 1.29 is 9.21 Å². The van der Waals surface area contributed by atoms with Gasteiger partial charge in [-0.15, -0.1) is 22.6 Å². The van der Waals surface area contributed by atoms with Crippen LogP contribution in [0.15, 0.2) is 16.7 Å². The Morgan fingerprint density at radius 1 is 1.45 bits per heavy atom. The molecule has 0 saturated carbocycles. The van der Waals surface area contributed by atoms with Gasteiger partial charge < -0.3 is 10.2 Å². The Hall–Kier alpha value is -1.44. The zero-order chi connectivity index (χ0) is 14.0. The van der Waals surface area contributed by atoms with Crippen molar-refractivity contribution in [3.63, 3.8) is 0 Å². The van der Waals surface area contributed by atoms with Crippen LogP contribution in [0.1, 0.15) is 41.9 Å². The van der Waals surface area contributed by atoms with Crippen LogP contribution in [-0.4, -0.2) is 16.1 Å². The van der Waals surface area contributed by atoms with Crippen molar-refractivity contribution in [1.29, 1.82) is 0 Å². The lowest BCUT2D eigenvalue weighted by Gasteiger charge is -2.12. The maximum atomic E-state index is 11.9. The highest BCUT2D eigenvalue weighted by atomic mass is 35.5. The van der Waals surface area contributed by atoms with Gasteiger partial charge in [-0.3, -0.25) is 10.1 Å². The number of hydrogen-bond acceptors (Lipinski definition) is 6. The van der Waals surface area contributed by atoms with Crippen LogP contribution in [0, 0.1) is 0 Å². The number of carbonyl (C=O) groups is 1. The third kappa shape index (κ3) is 3.78. The average Bonchev–Trinajstić information content (AvgIpc) is 2.95. The van der Waals surface area contributed by atoms with Gasteiger partial charge in [0.15, 0.2) is 0 Å². The molecular weight excluding hydrogens is 300 g/mol. The van der Waals surface area contributed by atoms with Crippen molar-refractivity contribution in [2.24, 2.45) is 5.73 Å². The number of amides is 1. The molecule has 0 aliphatic heterocycles. The van der Waals surface area contributed by atoms with Crippen molar-refractivity contribution in [2.75, 3.05) is 5.32 Å². The first-order valence-electron chi connectivity index (χ1n) is 5.83. The maximum Gasteiger partial charge on any atom is 0.260 e. The molecule has 20 heavy (non-hydrogen) atoms. The highest BCUT2D eigenvalue weighted by Crippen LogP contribution is 2.27. The van der Waals surface area contributed by atoms with Gasteiger partial charge in [-0.05, 0) is 6.07 Å². The molecule has 0 aliphatic rings. The van der Waals surface area contributed by atoms with Gasteiger partial charge in [0.1, 0.15) is 17.0 Å². The Bertz CT molecular complexity index is 588. The Morgan fingerprint density at radius 2 is 2.15 bits per heavy atom. The van der Waals surface area contributed by atoms with Crippen molar-refractivity contribution in [3.05, 3.63) is 28.7 Å². The van der Waals surface area contributed by atoms with E-state index in [2.05, 4.69) is 15.5 Å². The summed E-state index contributed by atoms with van der Waals surface area (Å²) in [5.74, 6) is 0.290. The molecular formula is C12H17ClN4O2S. The number of anilines is 1. The number of nitrogens with one attached hydrogen (secondary N) is 1. The normalized spacial score (nSPS) is 11.0. The molecule has 0 bridgehead atoms. The quantitative estimate of drug-likeness (QED) is 0.907. The van der Waals surface area contributed by atoms with E-state index < -0.39 is 0 Å². The largest absolute Gasteiger partial charge is 0.467 e. The van der Waals surface area contributed by atoms with E-state index in [9.17, 15) is 4.79 Å². The van der Waals surface area contributed by atoms with Gasteiger partial charge in [-0.1, -0.05) is 32.1 Å². The molecule has 0 atom stereocenters. The zero-order valence-electron chi connectivity index (χ0n) is 11.5. The predicted molar refractivity (Wildman–Crippen MR) is 80.4 cm³/mol. The highest BCUT2D eigenvalue weighted by Gasteiger charge is 2.20. The molecule has 0 saturated heterocycles. The van der Waals surface area contributed by atoms with Gasteiger partial charge in [0.25, 0.3) is 5.91 Å². The number of nitrogens with zero attached hydrogens (tertiary/aromatic N) is 2. The predicted octanol–water partition coefficient (Wildman–Crippen LogP) is 2.56. The average molecular weight is 317 g/mol. The molecule has 0 spiro atoms. The van der Waals surface area contributed by atoms with E-state index in [-0.39, 0.29) is 30.3 Å². The second-order valence-corrected chi connectivity index (χ2v) is 6.10. The topological polar surface area (TPSA) is 94.0 Å². The Morgan fingerprint density at radius 3 is 2.65 bits per heavy atom. The van der Waals surface area contributed by atoms with Gasteiger partial charge in [0, 0.05) is 5.41 Å². The standard InChI is InChI=1S/C12H16N4O2S.ClH/c1-12(2,3)10-15-16-11(19-10)14-9(17)7-4-8(5-13)18-6-7;/h4,6H,5,13H2,1-3H3,(H,14,16,17);1H. The fourth-order valence-electron chi connectivity index (χ4n) is 1.35. The SMILES string of the molecule is CC(C)(C)c1nnc(NC(=O)c2coc(CN)c2)s1.Cl. The molecule has 0 radical (unpaired) electrons. The van der Waals surface area contributed by atoms with E-state index >= 15 is 0 Å². The lowest BCUT2D eigenvalue weighted by molar-refractivity contribution is 0.102. The Kier molecular flexibility index (Phi) is 5.27. The summed E-state index contributed by atoms with van der Waals surface area (Å²) in [5, 5.41) is 12.1. The van der Waals surface area contributed by atoms with Crippen LogP contribution < -0.4 is 11.1 Å². The molecule has 2 heterocycles. The lowest BCUT2D eigenvalue weighted by Crippen LogP contribution is -2.10. The number of hydrogen-bond donors (Lipinski definition) is 2. The van der Waals surface area contributed by atoms with E-state index in [0.717, 1.165) is 5.01 Å². The zero-order valence-corrected chi connectivity index (χ0v) is 13.1. The summed E-state index contributed by atoms with van der Waals surface area (Å²) in [7, 11) is 0. The summed E-state index contributed by atoms with van der Waals surface area (Å²) in [6.45, 7) is 6.40. The number of halogens is 1. The van der Waals surface area contributed by atoms with E-state index in [1.807, 2.05) is 20.8 Å². The van der Waals surface area contributed by atoms with Crippen LogP contribution in [0.25, 0.3) is 0 Å². The van der Waals surface area contributed by atoms with Crippen molar-refractivity contribution in [2.45, 2.75) is 32.7 Å². The van der Waals surface area contributed by atoms with Crippen LogP contribution in [-0.2, 0) is 12.0 Å². The molecule has 2 aromatic rings. The third-order valence-corrected chi connectivity index (χ3v) is 3.67. The Balaban J connectivity index is 0.00000200. The van der Waals surface area contributed by atoms with E-state index in [4.69, 9.17) is 10.2 Å². The van der Waals surface area contributed by atoms with Crippen LogP contribution >= 0.6 is 23.7 Å².